The summed E-state index contributed by atoms with van der Waals surface area (Å²) < 4.78 is 36.8. The molecule has 6 heteroatoms. The highest BCUT2D eigenvalue weighted by Gasteiger charge is 2.38. The van der Waals surface area contributed by atoms with Crippen LogP contribution in [0.1, 0.15) is 6.92 Å². The summed E-state index contributed by atoms with van der Waals surface area (Å²) in [6.45, 7) is 0.490. The van der Waals surface area contributed by atoms with E-state index in [-0.39, 0.29) is 6.54 Å². The largest absolute Gasteiger partial charge is 0.406 e. The summed E-state index contributed by atoms with van der Waals surface area (Å²) in [5, 5.41) is 0. The second kappa shape index (κ2) is 4.01. The van der Waals surface area contributed by atoms with Gasteiger partial charge in [-0.2, -0.15) is 13.2 Å². The van der Waals surface area contributed by atoms with Crippen molar-refractivity contribution in [1.29, 1.82) is 0 Å². The Bertz CT molecular complexity index is 434. The van der Waals surface area contributed by atoms with Gasteiger partial charge in [0, 0.05) is 19.0 Å². The van der Waals surface area contributed by atoms with Crippen LogP contribution in [0.25, 0.3) is 0 Å². The SMILES string of the molecule is CC1=CN=CC2=CCN(CC(F)(F)F)C(=O)C12. The first kappa shape index (κ1) is 11.9. The predicted molar refractivity (Wildman–Crippen MR) is 56.5 cm³/mol. The molecule has 92 valence electrons. The third-order valence-corrected chi connectivity index (χ3v) is 2.77. The van der Waals surface area contributed by atoms with Crippen LogP contribution in [0.3, 0.4) is 0 Å². The van der Waals surface area contributed by atoms with Crippen LogP contribution in [0.15, 0.2) is 28.4 Å². The molecule has 2 heterocycles. The minimum absolute atomic E-state index is 0.0104. The first-order valence-electron chi connectivity index (χ1n) is 5.14. The van der Waals surface area contributed by atoms with Gasteiger partial charge < -0.3 is 4.90 Å². The molecule has 1 amide bonds. The molecule has 0 aromatic carbocycles. The molecule has 0 bridgehead atoms. The highest BCUT2D eigenvalue weighted by atomic mass is 19.4. The standard InChI is InChI=1S/C11H11F3N2O/c1-7-4-15-5-8-2-3-16(6-11(12,13)14)10(17)9(7)8/h2,4-5,9H,3,6H2,1H3. The first-order chi connectivity index (χ1) is 7.88. The van der Waals surface area contributed by atoms with Crippen molar-refractivity contribution in [2.45, 2.75) is 13.1 Å². The number of amides is 1. The van der Waals surface area contributed by atoms with E-state index in [1.807, 2.05) is 0 Å². The zero-order valence-corrected chi connectivity index (χ0v) is 9.16. The highest BCUT2D eigenvalue weighted by Crippen LogP contribution is 2.29. The van der Waals surface area contributed by atoms with E-state index >= 15 is 0 Å². The quantitative estimate of drug-likeness (QED) is 0.693. The number of hydrogen-bond acceptors (Lipinski definition) is 2. The van der Waals surface area contributed by atoms with Crippen LogP contribution in [0, 0.1) is 5.92 Å². The Morgan fingerprint density at radius 1 is 1.53 bits per heavy atom. The lowest BCUT2D eigenvalue weighted by Crippen LogP contribution is -2.46. The van der Waals surface area contributed by atoms with Crippen LogP contribution in [0.5, 0.6) is 0 Å². The molecule has 2 aliphatic heterocycles. The summed E-state index contributed by atoms with van der Waals surface area (Å²) in [7, 11) is 0. The molecule has 2 rings (SSSR count). The summed E-state index contributed by atoms with van der Waals surface area (Å²) in [6, 6.07) is 0. The molecule has 3 nitrogen and oxygen atoms in total. The van der Waals surface area contributed by atoms with Gasteiger partial charge in [0.2, 0.25) is 5.91 Å². The van der Waals surface area contributed by atoms with Gasteiger partial charge in [0.1, 0.15) is 6.54 Å². The molecular weight excluding hydrogens is 233 g/mol. The van der Waals surface area contributed by atoms with E-state index in [0.717, 1.165) is 4.90 Å². The lowest BCUT2D eigenvalue weighted by molar-refractivity contribution is -0.162. The number of halogens is 3. The van der Waals surface area contributed by atoms with E-state index in [1.54, 1.807) is 13.0 Å². The summed E-state index contributed by atoms with van der Waals surface area (Å²) in [4.78, 5) is 16.7. The molecule has 17 heavy (non-hydrogen) atoms. The molecule has 0 N–H and O–H groups in total. The topological polar surface area (TPSA) is 32.7 Å². The Labute approximate surface area is 96.3 Å². The third kappa shape index (κ3) is 2.40. The fourth-order valence-electron chi connectivity index (χ4n) is 2.01. The Morgan fingerprint density at radius 2 is 2.24 bits per heavy atom. The highest BCUT2D eigenvalue weighted by molar-refractivity contribution is 5.97. The Hall–Kier alpha value is -1.59. The predicted octanol–water partition coefficient (Wildman–Crippen LogP) is 1.92. The van der Waals surface area contributed by atoms with Crippen LogP contribution < -0.4 is 0 Å². The molecule has 0 aromatic rings. The number of carbonyl (C=O) groups excluding carboxylic acids is 1. The van der Waals surface area contributed by atoms with Gasteiger partial charge in [-0.25, -0.2) is 0 Å². The maximum atomic E-state index is 12.3. The van der Waals surface area contributed by atoms with Crippen molar-refractivity contribution in [2.24, 2.45) is 10.9 Å². The zero-order valence-electron chi connectivity index (χ0n) is 9.16. The van der Waals surface area contributed by atoms with Gasteiger partial charge in [-0.15, -0.1) is 0 Å². The molecule has 1 unspecified atom stereocenters. The van der Waals surface area contributed by atoms with E-state index in [0.29, 0.717) is 11.1 Å². The van der Waals surface area contributed by atoms with Crippen molar-refractivity contribution < 1.29 is 18.0 Å². The molecule has 0 radical (unpaired) electrons. The fraction of sp³-hybridized carbons (Fsp3) is 0.455. The van der Waals surface area contributed by atoms with Crippen molar-refractivity contribution in [2.75, 3.05) is 13.1 Å². The normalized spacial score (nSPS) is 24.4. The van der Waals surface area contributed by atoms with Crippen LogP contribution in [0.4, 0.5) is 13.2 Å². The molecule has 0 aliphatic carbocycles. The lowest BCUT2D eigenvalue weighted by Gasteiger charge is -2.33. The average molecular weight is 244 g/mol. The summed E-state index contributed by atoms with van der Waals surface area (Å²) in [6.07, 6.45) is 0.302. The maximum Gasteiger partial charge on any atom is 0.406 e. The van der Waals surface area contributed by atoms with E-state index in [9.17, 15) is 18.0 Å². The van der Waals surface area contributed by atoms with Gasteiger partial charge >= 0.3 is 6.18 Å². The monoisotopic (exact) mass is 244 g/mol. The molecule has 0 aromatic heterocycles. The molecule has 0 saturated heterocycles. The van der Waals surface area contributed by atoms with Crippen LogP contribution in [0.2, 0.25) is 0 Å². The van der Waals surface area contributed by atoms with Gasteiger partial charge in [-0.1, -0.05) is 6.08 Å². The number of carbonyl (C=O) groups is 1. The minimum atomic E-state index is -4.36. The third-order valence-electron chi connectivity index (χ3n) is 2.77. The van der Waals surface area contributed by atoms with Crippen molar-refractivity contribution in [3.8, 4) is 0 Å². The van der Waals surface area contributed by atoms with Gasteiger partial charge in [-0.05, 0) is 18.1 Å². The summed E-state index contributed by atoms with van der Waals surface area (Å²) in [5.41, 5.74) is 1.36. The van der Waals surface area contributed by atoms with Crippen LogP contribution in [-0.2, 0) is 4.79 Å². The van der Waals surface area contributed by atoms with E-state index in [4.69, 9.17) is 0 Å². The molecule has 0 fully saturated rings. The fourth-order valence-corrected chi connectivity index (χ4v) is 2.01. The number of nitrogens with zero attached hydrogens (tertiary/aromatic N) is 2. The minimum Gasteiger partial charge on any atom is -0.329 e. The number of aliphatic imine (C=N–C) groups is 1. The van der Waals surface area contributed by atoms with E-state index < -0.39 is 24.5 Å². The Morgan fingerprint density at radius 3 is 2.88 bits per heavy atom. The lowest BCUT2D eigenvalue weighted by atomic mass is 9.87. The summed E-state index contributed by atoms with van der Waals surface area (Å²) >= 11 is 0. The van der Waals surface area contributed by atoms with Gasteiger partial charge in [0.25, 0.3) is 0 Å². The second-order valence-corrected chi connectivity index (χ2v) is 4.12. The second-order valence-electron chi connectivity index (χ2n) is 4.12. The van der Waals surface area contributed by atoms with Crippen molar-refractivity contribution in [1.82, 2.24) is 4.90 Å². The molecule has 2 aliphatic rings. The van der Waals surface area contributed by atoms with Crippen molar-refractivity contribution >= 4 is 12.1 Å². The molecular formula is C11H11F3N2O. The molecule has 1 atom stereocenters. The van der Waals surface area contributed by atoms with Crippen LogP contribution >= 0.6 is 0 Å². The Balaban J connectivity index is 2.23. The molecule has 0 saturated carbocycles. The maximum absolute atomic E-state index is 12.3. The van der Waals surface area contributed by atoms with E-state index in [2.05, 4.69) is 4.99 Å². The van der Waals surface area contributed by atoms with Gasteiger partial charge in [0.15, 0.2) is 0 Å². The van der Waals surface area contributed by atoms with E-state index in [1.165, 1.54) is 12.4 Å². The van der Waals surface area contributed by atoms with Crippen molar-refractivity contribution in [3.05, 3.63) is 23.4 Å². The number of alkyl halides is 3. The number of rotatable bonds is 1. The smallest absolute Gasteiger partial charge is 0.329 e. The van der Waals surface area contributed by atoms with Gasteiger partial charge in [-0.3, -0.25) is 9.79 Å². The van der Waals surface area contributed by atoms with Crippen LogP contribution in [-0.4, -0.2) is 36.3 Å². The first-order valence-corrected chi connectivity index (χ1v) is 5.14. The zero-order chi connectivity index (χ0) is 12.6. The number of hydrogen-bond donors (Lipinski definition) is 0. The van der Waals surface area contributed by atoms with Crippen molar-refractivity contribution in [3.63, 3.8) is 0 Å². The average Bonchev–Trinajstić information content (AvgIpc) is 2.20. The summed E-state index contributed by atoms with van der Waals surface area (Å²) in [5.74, 6) is -1.09. The molecule has 0 spiro atoms. The number of fused-ring (bicyclic) bond motifs is 1. The Kier molecular flexibility index (Phi) is 2.81. The van der Waals surface area contributed by atoms with Gasteiger partial charge in [0.05, 0.1) is 5.92 Å².